The van der Waals surface area contributed by atoms with E-state index in [1.165, 1.54) is 13.2 Å². The Kier molecular flexibility index (Phi) is 7.81. The molecule has 0 atom stereocenters. The third-order valence-corrected chi connectivity index (χ3v) is 3.73. The molecule has 1 amide bonds. The van der Waals surface area contributed by atoms with Crippen LogP contribution in [0.15, 0.2) is 40.4 Å². The number of hydrogen-bond donors (Lipinski definition) is 1. The minimum absolute atomic E-state index is 0.0830. The highest BCUT2D eigenvalue weighted by Crippen LogP contribution is 2.21. The van der Waals surface area contributed by atoms with Crippen LogP contribution < -0.4 is 20.2 Å². The zero-order valence-electron chi connectivity index (χ0n) is 15.8. The van der Waals surface area contributed by atoms with Crippen LogP contribution in [0.2, 0.25) is 0 Å². The van der Waals surface area contributed by atoms with Gasteiger partial charge in [0.1, 0.15) is 11.6 Å². The lowest BCUT2D eigenvalue weighted by Gasteiger charge is -2.13. The molecule has 0 aliphatic rings. The molecule has 29 heavy (non-hydrogen) atoms. The van der Waals surface area contributed by atoms with Crippen molar-refractivity contribution < 1.29 is 27.4 Å². The van der Waals surface area contributed by atoms with Crippen LogP contribution in [0.25, 0.3) is 0 Å². The first-order valence-electron chi connectivity index (χ1n) is 8.76. The molecular weight excluding hydrogens is 391 g/mol. The fraction of sp³-hybridized carbons (Fsp3) is 0.316. The van der Waals surface area contributed by atoms with Gasteiger partial charge in [-0.15, -0.1) is 0 Å². The molecule has 2 aromatic rings. The Balaban J connectivity index is 2.50. The van der Waals surface area contributed by atoms with Crippen molar-refractivity contribution in [1.29, 1.82) is 0 Å². The first kappa shape index (κ1) is 22.0. The largest absolute Gasteiger partial charge is 0.487 e. The molecule has 0 saturated carbocycles. The maximum absolute atomic E-state index is 13.5. The summed E-state index contributed by atoms with van der Waals surface area (Å²) in [5.41, 5.74) is -0.779. The van der Waals surface area contributed by atoms with Gasteiger partial charge < -0.3 is 14.8 Å². The van der Waals surface area contributed by atoms with Crippen LogP contribution in [0.3, 0.4) is 0 Å². The molecule has 2 rings (SSSR count). The lowest BCUT2D eigenvalue weighted by molar-refractivity contribution is -0.0499. The van der Waals surface area contributed by atoms with E-state index in [9.17, 15) is 22.8 Å². The Labute approximate surface area is 164 Å². The van der Waals surface area contributed by atoms with Crippen molar-refractivity contribution in [3.05, 3.63) is 57.8 Å². The van der Waals surface area contributed by atoms with Gasteiger partial charge in [0, 0.05) is 24.9 Å². The average molecular weight is 411 g/mol. The van der Waals surface area contributed by atoms with Gasteiger partial charge in [-0.2, -0.15) is 13.9 Å². The van der Waals surface area contributed by atoms with Crippen molar-refractivity contribution in [3.63, 3.8) is 0 Å². The Bertz CT molecular complexity index is 945. The maximum atomic E-state index is 13.5. The lowest BCUT2D eigenvalue weighted by Crippen LogP contribution is -2.26. The van der Waals surface area contributed by atoms with Crippen LogP contribution in [-0.4, -0.2) is 37.1 Å². The molecule has 0 aliphatic heterocycles. The van der Waals surface area contributed by atoms with Gasteiger partial charge in [-0.3, -0.25) is 9.59 Å². The highest BCUT2D eigenvalue weighted by atomic mass is 19.3. The van der Waals surface area contributed by atoms with Gasteiger partial charge >= 0.3 is 6.61 Å². The molecule has 10 heteroatoms. The molecule has 156 valence electrons. The number of amides is 1. The van der Waals surface area contributed by atoms with Crippen LogP contribution >= 0.6 is 0 Å². The number of alkyl halides is 2. The number of ether oxygens (including phenoxy) is 2. The van der Waals surface area contributed by atoms with Crippen LogP contribution in [0.4, 0.5) is 13.2 Å². The predicted molar refractivity (Wildman–Crippen MR) is 101 cm³/mol. The average Bonchev–Trinajstić information content (AvgIpc) is 2.69. The molecule has 0 spiro atoms. The number of carbonyl (C=O) groups is 1. The number of pyridine rings is 1. The normalized spacial score (nSPS) is 11.1. The summed E-state index contributed by atoms with van der Waals surface area (Å²) in [5.74, 6) is -1.83. The number of halogens is 3. The number of nitrogens with one attached hydrogen (secondary N) is 1. The molecule has 0 bridgehead atoms. The van der Waals surface area contributed by atoms with Crippen molar-refractivity contribution >= 4 is 12.1 Å². The zero-order valence-corrected chi connectivity index (χ0v) is 15.8. The number of rotatable bonds is 9. The van der Waals surface area contributed by atoms with Crippen molar-refractivity contribution in [3.8, 4) is 11.5 Å². The van der Waals surface area contributed by atoms with Crippen molar-refractivity contribution in [1.82, 2.24) is 9.99 Å². The molecule has 0 unspecified atom stereocenters. The van der Waals surface area contributed by atoms with Crippen LogP contribution in [0.1, 0.15) is 35.8 Å². The Morgan fingerprint density at radius 2 is 2.10 bits per heavy atom. The number of benzene rings is 1. The topological polar surface area (TPSA) is 81.9 Å². The smallest absolute Gasteiger partial charge is 0.387 e. The highest BCUT2D eigenvalue weighted by Gasteiger charge is 2.19. The molecule has 1 heterocycles. The number of aromatic nitrogens is 1. The molecule has 1 N–H and O–H groups in total. The molecule has 7 nitrogen and oxygen atoms in total. The minimum Gasteiger partial charge on any atom is -0.487 e. The van der Waals surface area contributed by atoms with E-state index < -0.39 is 23.8 Å². The van der Waals surface area contributed by atoms with E-state index in [-0.39, 0.29) is 29.4 Å². The summed E-state index contributed by atoms with van der Waals surface area (Å²) >= 11 is 0. The first-order chi connectivity index (χ1) is 13.9. The molecular formula is C19H20F3N3O4. The van der Waals surface area contributed by atoms with Gasteiger partial charge in [-0.05, 0) is 24.6 Å². The highest BCUT2D eigenvalue weighted by molar-refractivity contribution is 5.95. The van der Waals surface area contributed by atoms with Gasteiger partial charge in [-0.1, -0.05) is 13.3 Å². The second-order valence-corrected chi connectivity index (χ2v) is 5.79. The summed E-state index contributed by atoms with van der Waals surface area (Å²) in [7, 11) is 1.37. The standard InChI is InChI=1S/C19H20F3N3O4/c1-3-4-9-28-17-14(26)7-8-25(16(17)18(27)23-2)24-11-12-10-13(20)5-6-15(12)29-19(21)22/h5-8,10-11,19H,3-4,9H2,1-2H3,(H,23,27)/b24-11-. The molecule has 0 fully saturated rings. The summed E-state index contributed by atoms with van der Waals surface area (Å²) < 4.78 is 49.5. The fourth-order valence-electron chi connectivity index (χ4n) is 2.34. The van der Waals surface area contributed by atoms with Gasteiger partial charge in [0.25, 0.3) is 5.91 Å². The summed E-state index contributed by atoms with van der Waals surface area (Å²) in [5, 5.41) is 6.39. The number of hydrogen-bond acceptors (Lipinski definition) is 5. The Morgan fingerprint density at radius 1 is 1.34 bits per heavy atom. The zero-order chi connectivity index (χ0) is 21.4. The molecule has 1 aromatic carbocycles. The molecule has 0 aliphatic carbocycles. The van der Waals surface area contributed by atoms with Gasteiger partial charge in [0.05, 0.1) is 12.8 Å². The van der Waals surface area contributed by atoms with E-state index in [0.29, 0.717) is 6.42 Å². The molecule has 0 saturated heterocycles. The quantitative estimate of drug-likeness (QED) is 0.508. The fourth-order valence-corrected chi connectivity index (χ4v) is 2.34. The maximum Gasteiger partial charge on any atom is 0.387 e. The van der Waals surface area contributed by atoms with E-state index in [1.54, 1.807) is 0 Å². The summed E-state index contributed by atoms with van der Waals surface area (Å²) in [6.45, 7) is -0.950. The van der Waals surface area contributed by atoms with Crippen molar-refractivity contribution in [2.24, 2.45) is 5.10 Å². The van der Waals surface area contributed by atoms with Crippen LogP contribution in [0.5, 0.6) is 11.5 Å². The third-order valence-electron chi connectivity index (χ3n) is 3.73. The lowest BCUT2D eigenvalue weighted by atomic mass is 10.2. The van der Waals surface area contributed by atoms with E-state index in [1.807, 2.05) is 6.92 Å². The van der Waals surface area contributed by atoms with Crippen LogP contribution in [-0.2, 0) is 0 Å². The molecule has 0 radical (unpaired) electrons. The summed E-state index contributed by atoms with van der Waals surface area (Å²) in [6.07, 6.45) is 3.74. The minimum atomic E-state index is -3.11. The summed E-state index contributed by atoms with van der Waals surface area (Å²) in [6, 6.07) is 4.09. The monoisotopic (exact) mass is 411 g/mol. The number of unbranched alkanes of at least 4 members (excludes halogenated alkanes) is 1. The van der Waals surface area contributed by atoms with E-state index in [2.05, 4.69) is 15.2 Å². The number of nitrogens with zero attached hydrogens (tertiary/aromatic N) is 2. The van der Waals surface area contributed by atoms with Gasteiger partial charge in [0.15, 0.2) is 11.4 Å². The Hall–Kier alpha value is -3.30. The summed E-state index contributed by atoms with van der Waals surface area (Å²) in [4.78, 5) is 24.5. The van der Waals surface area contributed by atoms with Crippen LogP contribution in [0, 0.1) is 5.82 Å². The number of carbonyl (C=O) groups excluding carboxylic acids is 1. The third kappa shape index (κ3) is 5.84. The second kappa shape index (κ2) is 10.3. The van der Waals surface area contributed by atoms with E-state index in [4.69, 9.17) is 4.74 Å². The van der Waals surface area contributed by atoms with Gasteiger partial charge in [0.2, 0.25) is 5.43 Å². The van der Waals surface area contributed by atoms with Crippen molar-refractivity contribution in [2.75, 3.05) is 13.7 Å². The van der Waals surface area contributed by atoms with E-state index in [0.717, 1.165) is 41.6 Å². The second-order valence-electron chi connectivity index (χ2n) is 5.79. The van der Waals surface area contributed by atoms with Gasteiger partial charge in [-0.25, -0.2) is 9.07 Å². The first-order valence-corrected chi connectivity index (χ1v) is 8.76. The Morgan fingerprint density at radius 3 is 2.76 bits per heavy atom. The predicted octanol–water partition coefficient (Wildman–Crippen LogP) is 3.01. The van der Waals surface area contributed by atoms with E-state index >= 15 is 0 Å². The SMILES string of the molecule is CCCCOc1c(C(=O)NC)n(/N=C\c2cc(F)ccc2OC(F)F)ccc1=O. The van der Waals surface area contributed by atoms with Crippen molar-refractivity contribution in [2.45, 2.75) is 26.4 Å². The molecule has 1 aromatic heterocycles.